The van der Waals surface area contributed by atoms with Crippen molar-refractivity contribution in [3.8, 4) is 17.3 Å². The van der Waals surface area contributed by atoms with Crippen LogP contribution in [0.25, 0.3) is 17.4 Å². The number of nitrogens with one attached hydrogen (secondary N) is 1. The van der Waals surface area contributed by atoms with E-state index in [9.17, 15) is 0 Å². The molecule has 0 spiro atoms. The number of ether oxygens (including phenoxy) is 1. The van der Waals surface area contributed by atoms with Crippen molar-refractivity contribution in [2.75, 3.05) is 12.4 Å². The van der Waals surface area contributed by atoms with E-state index in [1.807, 2.05) is 43.3 Å². The van der Waals surface area contributed by atoms with Crippen LogP contribution in [0.1, 0.15) is 5.69 Å². The Balaban J connectivity index is 1.82. The highest BCUT2D eigenvalue weighted by Crippen LogP contribution is 2.27. The zero-order valence-corrected chi connectivity index (χ0v) is 13.2. The summed E-state index contributed by atoms with van der Waals surface area (Å²) >= 11 is 0. The molecule has 0 unspecified atom stereocenters. The number of anilines is 2. The SMILES string of the molecule is COc1ccccc1Nc1cc(C)nc2nc(-c3ccco3)nn12. The second kappa shape index (κ2) is 5.69. The molecule has 3 heterocycles. The van der Waals surface area contributed by atoms with Gasteiger partial charge in [0.25, 0.3) is 5.78 Å². The highest BCUT2D eigenvalue weighted by atomic mass is 16.5. The van der Waals surface area contributed by atoms with Gasteiger partial charge in [-0.25, -0.2) is 4.98 Å². The lowest BCUT2D eigenvalue weighted by molar-refractivity contribution is 0.417. The van der Waals surface area contributed by atoms with E-state index in [-0.39, 0.29) is 0 Å². The Morgan fingerprint density at radius 1 is 1.12 bits per heavy atom. The minimum Gasteiger partial charge on any atom is -0.495 e. The molecule has 0 fully saturated rings. The summed E-state index contributed by atoms with van der Waals surface area (Å²) in [6, 6.07) is 13.2. The number of nitrogens with zero attached hydrogens (tertiary/aromatic N) is 4. The fourth-order valence-corrected chi connectivity index (χ4v) is 2.47. The van der Waals surface area contributed by atoms with Crippen molar-refractivity contribution in [2.45, 2.75) is 6.92 Å². The number of para-hydroxylation sites is 2. The quantitative estimate of drug-likeness (QED) is 0.620. The highest BCUT2D eigenvalue weighted by Gasteiger charge is 2.14. The van der Waals surface area contributed by atoms with Crippen molar-refractivity contribution in [2.24, 2.45) is 0 Å². The Bertz CT molecular complexity index is 992. The van der Waals surface area contributed by atoms with Crippen molar-refractivity contribution in [1.29, 1.82) is 0 Å². The molecule has 0 aliphatic rings. The molecule has 7 heteroatoms. The Hall–Kier alpha value is -3.35. The molecule has 0 aliphatic heterocycles. The first kappa shape index (κ1) is 14.3. The number of rotatable bonds is 4. The van der Waals surface area contributed by atoms with Crippen molar-refractivity contribution >= 4 is 17.3 Å². The molecule has 4 aromatic rings. The molecule has 120 valence electrons. The van der Waals surface area contributed by atoms with E-state index in [0.717, 1.165) is 22.9 Å². The van der Waals surface area contributed by atoms with Crippen molar-refractivity contribution in [3.63, 3.8) is 0 Å². The van der Waals surface area contributed by atoms with E-state index in [0.29, 0.717) is 17.4 Å². The lowest BCUT2D eigenvalue weighted by atomic mass is 10.3. The van der Waals surface area contributed by atoms with E-state index in [1.54, 1.807) is 24.0 Å². The number of aromatic nitrogens is 4. The molecule has 0 amide bonds. The van der Waals surface area contributed by atoms with Crippen LogP contribution in [0.3, 0.4) is 0 Å². The van der Waals surface area contributed by atoms with Crippen LogP contribution in [0, 0.1) is 6.92 Å². The summed E-state index contributed by atoms with van der Waals surface area (Å²) in [5, 5.41) is 7.82. The minimum atomic E-state index is 0.487. The largest absolute Gasteiger partial charge is 0.495 e. The number of hydrogen-bond donors (Lipinski definition) is 1. The summed E-state index contributed by atoms with van der Waals surface area (Å²) in [6.07, 6.45) is 1.59. The fourth-order valence-electron chi connectivity index (χ4n) is 2.47. The number of benzene rings is 1. The normalized spacial score (nSPS) is 10.9. The summed E-state index contributed by atoms with van der Waals surface area (Å²) in [6.45, 7) is 1.91. The average Bonchev–Trinajstić information content (AvgIpc) is 3.24. The van der Waals surface area contributed by atoms with Crippen molar-refractivity contribution in [3.05, 3.63) is 54.4 Å². The maximum absolute atomic E-state index is 5.39. The van der Waals surface area contributed by atoms with Crippen LogP contribution in [0.4, 0.5) is 11.5 Å². The van der Waals surface area contributed by atoms with Gasteiger partial charge in [-0.1, -0.05) is 12.1 Å². The van der Waals surface area contributed by atoms with Crippen LogP contribution in [0.15, 0.2) is 53.1 Å². The molecular formula is C17H15N5O2. The number of hydrogen-bond acceptors (Lipinski definition) is 6. The van der Waals surface area contributed by atoms with Gasteiger partial charge in [0, 0.05) is 11.8 Å². The third-order valence-corrected chi connectivity index (χ3v) is 3.55. The molecule has 3 aromatic heterocycles. The van der Waals surface area contributed by atoms with Gasteiger partial charge in [0.1, 0.15) is 11.6 Å². The molecule has 0 atom stereocenters. The van der Waals surface area contributed by atoms with Gasteiger partial charge >= 0.3 is 0 Å². The lowest BCUT2D eigenvalue weighted by Gasteiger charge is -2.11. The van der Waals surface area contributed by atoms with Gasteiger partial charge in [0.2, 0.25) is 5.82 Å². The molecule has 0 aliphatic carbocycles. The van der Waals surface area contributed by atoms with Gasteiger partial charge in [-0.3, -0.25) is 0 Å². The average molecular weight is 321 g/mol. The lowest BCUT2D eigenvalue weighted by Crippen LogP contribution is -2.03. The van der Waals surface area contributed by atoms with E-state index < -0.39 is 0 Å². The monoisotopic (exact) mass is 321 g/mol. The van der Waals surface area contributed by atoms with Gasteiger partial charge in [-0.05, 0) is 31.2 Å². The Kier molecular flexibility index (Phi) is 3.38. The van der Waals surface area contributed by atoms with Gasteiger partial charge in [0.05, 0.1) is 19.1 Å². The number of methoxy groups -OCH3 is 1. The fraction of sp³-hybridized carbons (Fsp3) is 0.118. The Labute approximate surface area is 137 Å². The molecule has 4 rings (SSSR count). The van der Waals surface area contributed by atoms with E-state index in [2.05, 4.69) is 20.4 Å². The predicted octanol–water partition coefficient (Wildman–Crippen LogP) is 3.44. The topological polar surface area (TPSA) is 77.5 Å². The number of furan rings is 1. The number of fused-ring (bicyclic) bond motifs is 1. The summed E-state index contributed by atoms with van der Waals surface area (Å²) in [5.41, 5.74) is 1.67. The molecule has 0 saturated carbocycles. The van der Waals surface area contributed by atoms with Gasteiger partial charge in [-0.15, -0.1) is 5.10 Å². The van der Waals surface area contributed by atoms with Gasteiger partial charge < -0.3 is 14.5 Å². The zero-order valence-electron chi connectivity index (χ0n) is 13.2. The Morgan fingerprint density at radius 2 is 2.00 bits per heavy atom. The van der Waals surface area contributed by atoms with E-state index in [1.165, 1.54) is 0 Å². The molecule has 0 bridgehead atoms. The van der Waals surface area contributed by atoms with Gasteiger partial charge in [0.15, 0.2) is 5.76 Å². The maximum atomic E-state index is 5.39. The van der Waals surface area contributed by atoms with Crippen LogP contribution in [0.5, 0.6) is 5.75 Å². The molecular weight excluding hydrogens is 306 g/mol. The molecule has 1 aromatic carbocycles. The second-order valence-corrected chi connectivity index (χ2v) is 5.23. The first-order valence-electron chi connectivity index (χ1n) is 7.43. The molecule has 7 nitrogen and oxygen atoms in total. The zero-order chi connectivity index (χ0) is 16.5. The predicted molar refractivity (Wildman–Crippen MR) is 89.5 cm³/mol. The van der Waals surface area contributed by atoms with E-state index >= 15 is 0 Å². The van der Waals surface area contributed by atoms with Crippen LogP contribution in [-0.4, -0.2) is 26.7 Å². The maximum Gasteiger partial charge on any atom is 0.255 e. The standard InChI is InChI=1S/C17H15N5O2/c1-11-10-15(19-12-6-3-4-7-13(12)23-2)22-17(18-11)20-16(21-22)14-8-5-9-24-14/h3-10,19H,1-2H3. The third kappa shape index (κ3) is 2.45. The summed E-state index contributed by atoms with van der Waals surface area (Å²) in [4.78, 5) is 8.86. The van der Waals surface area contributed by atoms with Crippen LogP contribution >= 0.6 is 0 Å². The van der Waals surface area contributed by atoms with Gasteiger partial charge in [-0.2, -0.15) is 9.50 Å². The van der Waals surface area contributed by atoms with Crippen molar-refractivity contribution in [1.82, 2.24) is 19.6 Å². The summed E-state index contributed by atoms with van der Waals surface area (Å²) in [5.74, 6) is 3.07. The van der Waals surface area contributed by atoms with Crippen LogP contribution in [-0.2, 0) is 0 Å². The van der Waals surface area contributed by atoms with Crippen LogP contribution < -0.4 is 10.1 Å². The first-order valence-corrected chi connectivity index (χ1v) is 7.43. The smallest absolute Gasteiger partial charge is 0.255 e. The second-order valence-electron chi connectivity index (χ2n) is 5.23. The summed E-state index contributed by atoms with van der Waals surface area (Å²) in [7, 11) is 1.64. The third-order valence-electron chi connectivity index (χ3n) is 3.55. The molecule has 1 N–H and O–H groups in total. The minimum absolute atomic E-state index is 0.487. The number of aryl methyl sites for hydroxylation is 1. The van der Waals surface area contributed by atoms with E-state index in [4.69, 9.17) is 9.15 Å². The summed E-state index contributed by atoms with van der Waals surface area (Å²) < 4.78 is 12.4. The molecule has 24 heavy (non-hydrogen) atoms. The van der Waals surface area contributed by atoms with Crippen molar-refractivity contribution < 1.29 is 9.15 Å². The molecule has 0 radical (unpaired) electrons. The highest BCUT2D eigenvalue weighted by molar-refractivity contribution is 5.66. The Morgan fingerprint density at radius 3 is 2.79 bits per heavy atom. The van der Waals surface area contributed by atoms with Crippen LogP contribution in [0.2, 0.25) is 0 Å². The molecule has 0 saturated heterocycles. The first-order chi connectivity index (χ1) is 11.7.